The summed E-state index contributed by atoms with van der Waals surface area (Å²) in [4.78, 5) is 13.2. The van der Waals surface area contributed by atoms with Gasteiger partial charge in [0, 0.05) is 6.42 Å². The molecule has 6 aliphatic rings. The fourth-order valence-corrected chi connectivity index (χ4v) is 11.5. The van der Waals surface area contributed by atoms with Crippen LogP contribution in [-0.4, -0.2) is 150 Å². The smallest absolute Gasteiger partial charge is 0.305 e. The molecule has 15 heteroatoms. The predicted molar refractivity (Wildman–Crippen MR) is 175 cm³/mol. The van der Waals surface area contributed by atoms with Crippen molar-refractivity contribution in [3.8, 4) is 0 Å². The largest absolute Gasteiger partial charge is 0.460 e. The lowest BCUT2D eigenvalue weighted by molar-refractivity contribution is -0.383. The third kappa shape index (κ3) is 6.70. The predicted octanol–water partition coefficient (Wildman–Crippen LogP) is -1.47. The van der Waals surface area contributed by atoms with Crippen molar-refractivity contribution < 1.29 is 74.8 Å². The van der Waals surface area contributed by atoms with Crippen LogP contribution in [0.1, 0.15) is 78.6 Å². The molecule has 0 aromatic carbocycles. The molecule has 2 heterocycles. The summed E-state index contributed by atoms with van der Waals surface area (Å²) < 4.78 is 22.3. The molecule has 0 aromatic rings. The number of carbonyl (C=O) groups is 1. The van der Waals surface area contributed by atoms with Crippen LogP contribution in [0.5, 0.6) is 0 Å². The average molecular weight is 733 g/mol. The van der Waals surface area contributed by atoms with Crippen molar-refractivity contribution in [2.45, 2.75) is 152 Å². The summed E-state index contributed by atoms with van der Waals surface area (Å²) in [6, 6.07) is 0. The van der Waals surface area contributed by atoms with Crippen molar-refractivity contribution in [3.63, 3.8) is 0 Å². The van der Waals surface area contributed by atoms with Crippen molar-refractivity contribution in [3.05, 3.63) is 0 Å². The quantitative estimate of drug-likeness (QED) is 0.115. The van der Waals surface area contributed by atoms with Crippen LogP contribution < -0.4 is 0 Å². The topological polar surface area (TPSA) is 256 Å². The first-order chi connectivity index (χ1) is 24.0. The molecule has 0 radical (unpaired) electrons. The molecule has 2 aliphatic heterocycles. The Labute approximate surface area is 298 Å². The zero-order valence-corrected chi connectivity index (χ0v) is 29.8. The maximum Gasteiger partial charge on any atom is 0.305 e. The molecule has 15 nitrogen and oxygen atoms in total. The molecule has 3 unspecified atom stereocenters. The molecule has 0 amide bonds. The standard InChI is InChI=1S/C36H60O15/c1-16(19-5-6-20-27-21(12-25(41)35(19,20)3)34(2)9-8-18(39)10-17(34)11-22(27)40)4-7-26(42)48-15-36(32(47)29(44)24(14-38)50-36)51-33-31(46)30(45)28(43)23(13-37)49-33/h16-25,27-33,37-41,43-47H,4-15H2,1-3H3/t16-,17+,18-,19-,20?,21?,22-,23-,24-,25+,27?,28-,29-,30+,31-,32+,33-,34+,35-,36+/m1/s1. The number of ether oxygens (including phenoxy) is 4. The van der Waals surface area contributed by atoms with Crippen molar-refractivity contribution in [1.82, 2.24) is 0 Å². The zero-order chi connectivity index (χ0) is 37.2. The number of carbonyl (C=O) groups excluding carboxylic acids is 1. The summed E-state index contributed by atoms with van der Waals surface area (Å²) in [6.07, 6.45) is -9.18. The molecule has 294 valence electrons. The first-order valence-corrected chi connectivity index (χ1v) is 18.8. The zero-order valence-electron chi connectivity index (χ0n) is 29.8. The molecule has 4 saturated carbocycles. The van der Waals surface area contributed by atoms with Gasteiger partial charge in [0.05, 0.1) is 31.5 Å². The molecule has 10 N–H and O–H groups in total. The molecule has 6 rings (SSSR count). The Hall–Kier alpha value is -1.05. The van der Waals surface area contributed by atoms with Gasteiger partial charge in [-0.1, -0.05) is 20.8 Å². The van der Waals surface area contributed by atoms with Crippen LogP contribution in [0.3, 0.4) is 0 Å². The van der Waals surface area contributed by atoms with Crippen LogP contribution in [0.15, 0.2) is 0 Å². The van der Waals surface area contributed by atoms with E-state index < -0.39 is 98.2 Å². The second kappa shape index (κ2) is 14.9. The van der Waals surface area contributed by atoms with E-state index in [0.717, 1.165) is 25.7 Å². The minimum absolute atomic E-state index is 0.000819. The highest BCUT2D eigenvalue weighted by atomic mass is 16.8. The number of hydrogen-bond acceptors (Lipinski definition) is 15. The van der Waals surface area contributed by atoms with Crippen molar-refractivity contribution in [2.24, 2.45) is 46.3 Å². The Balaban J connectivity index is 1.10. The van der Waals surface area contributed by atoms with E-state index in [-0.39, 0.29) is 53.4 Å². The lowest BCUT2D eigenvalue weighted by atomic mass is 9.43. The number of hydrogen-bond donors (Lipinski definition) is 10. The van der Waals surface area contributed by atoms with E-state index in [9.17, 15) is 55.9 Å². The summed E-state index contributed by atoms with van der Waals surface area (Å²) in [7, 11) is 0. The van der Waals surface area contributed by atoms with Gasteiger partial charge >= 0.3 is 5.97 Å². The monoisotopic (exact) mass is 732 g/mol. The third-order valence-corrected chi connectivity index (χ3v) is 14.6. The number of aliphatic hydroxyl groups excluding tert-OH is 10. The van der Waals surface area contributed by atoms with Gasteiger partial charge in [-0.2, -0.15) is 0 Å². The van der Waals surface area contributed by atoms with Crippen molar-refractivity contribution in [2.75, 3.05) is 19.8 Å². The first-order valence-electron chi connectivity index (χ1n) is 18.8. The Morgan fingerprint density at radius 2 is 1.55 bits per heavy atom. The van der Waals surface area contributed by atoms with Gasteiger partial charge in [0.25, 0.3) is 0 Å². The molecule has 6 fully saturated rings. The van der Waals surface area contributed by atoms with Crippen LogP contribution >= 0.6 is 0 Å². The van der Waals surface area contributed by atoms with Crippen LogP contribution in [0.2, 0.25) is 0 Å². The van der Waals surface area contributed by atoms with Gasteiger partial charge in [0.15, 0.2) is 6.29 Å². The van der Waals surface area contributed by atoms with Crippen molar-refractivity contribution in [1.29, 1.82) is 0 Å². The van der Waals surface area contributed by atoms with Gasteiger partial charge in [0.2, 0.25) is 5.79 Å². The first kappa shape index (κ1) is 39.6. The average Bonchev–Trinajstić information content (AvgIpc) is 3.58. The maximum absolute atomic E-state index is 13.2. The summed E-state index contributed by atoms with van der Waals surface area (Å²) in [5.74, 6) is -2.36. The van der Waals surface area contributed by atoms with E-state index in [4.69, 9.17) is 18.9 Å². The van der Waals surface area contributed by atoms with Crippen LogP contribution in [0.25, 0.3) is 0 Å². The van der Waals surface area contributed by atoms with Crippen LogP contribution in [0, 0.1) is 46.3 Å². The summed E-state index contributed by atoms with van der Waals surface area (Å²) >= 11 is 0. The summed E-state index contributed by atoms with van der Waals surface area (Å²) in [6.45, 7) is 4.21. The molecule has 4 aliphatic carbocycles. The van der Waals surface area contributed by atoms with Gasteiger partial charge in [-0.05, 0) is 97.7 Å². The normalized spacial score (nSPS) is 53.2. The highest BCUT2D eigenvalue weighted by molar-refractivity contribution is 5.69. The lowest BCUT2D eigenvalue weighted by Crippen LogP contribution is -2.62. The minimum atomic E-state index is -2.34. The molecule has 2 saturated heterocycles. The second-order valence-corrected chi connectivity index (χ2v) is 17.1. The Kier molecular flexibility index (Phi) is 11.6. The number of rotatable bonds is 10. The highest BCUT2D eigenvalue weighted by Gasteiger charge is 2.66. The number of fused-ring (bicyclic) bond motifs is 5. The molecular weight excluding hydrogens is 672 g/mol. The van der Waals surface area contributed by atoms with E-state index >= 15 is 0 Å². The third-order valence-electron chi connectivity index (χ3n) is 14.6. The van der Waals surface area contributed by atoms with E-state index in [0.29, 0.717) is 25.7 Å². The summed E-state index contributed by atoms with van der Waals surface area (Å²) in [5, 5.41) is 105. The van der Waals surface area contributed by atoms with Gasteiger partial charge in [-0.3, -0.25) is 4.79 Å². The van der Waals surface area contributed by atoms with Crippen molar-refractivity contribution >= 4 is 5.97 Å². The van der Waals surface area contributed by atoms with Crippen LogP contribution in [-0.2, 0) is 23.7 Å². The molecular formula is C36H60O15. The SMILES string of the molecule is C[C@H](CCC(=O)OC[C@@]1(O[C@H]2O[C@H](CO)[C@@H](O)[C@H](O)[C@H]2O)O[C@H](CO)[C@@H](O)[C@@H]1O)[C@H]1CCC2C3C(C[C@H](O)[C@@]21C)[C@@]1(C)CC[C@@H](O)C[C@H]1C[C@H]3O. The second-order valence-electron chi connectivity index (χ2n) is 17.1. The van der Waals surface area contributed by atoms with Crippen LogP contribution in [0.4, 0.5) is 0 Å². The molecule has 51 heavy (non-hydrogen) atoms. The maximum atomic E-state index is 13.2. The molecule has 0 aromatic heterocycles. The van der Waals surface area contributed by atoms with E-state index in [1.165, 1.54) is 0 Å². The highest BCUT2D eigenvalue weighted by Crippen LogP contribution is 2.68. The fourth-order valence-electron chi connectivity index (χ4n) is 11.5. The molecule has 0 spiro atoms. The van der Waals surface area contributed by atoms with E-state index in [1.807, 2.05) is 0 Å². The Morgan fingerprint density at radius 3 is 2.22 bits per heavy atom. The minimum Gasteiger partial charge on any atom is -0.460 e. The number of aliphatic hydroxyl groups is 10. The Morgan fingerprint density at radius 1 is 0.843 bits per heavy atom. The molecule has 20 atom stereocenters. The van der Waals surface area contributed by atoms with Gasteiger partial charge in [-0.25, -0.2) is 0 Å². The van der Waals surface area contributed by atoms with E-state index in [2.05, 4.69) is 20.8 Å². The van der Waals surface area contributed by atoms with Gasteiger partial charge < -0.3 is 70.0 Å². The fraction of sp³-hybridized carbons (Fsp3) is 0.972. The molecule has 0 bridgehead atoms. The lowest BCUT2D eigenvalue weighted by Gasteiger charge is -2.63. The summed E-state index contributed by atoms with van der Waals surface area (Å²) in [5.41, 5.74) is -0.490. The van der Waals surface area contributed by atoms with Gasteiger partial charge in [0.1, 0.15) is 49.3 Å². The number of esters is 1. The van der Waals surface area contributed by atoms with E-state index in [1.54, 1.807) is 0 Å². The van der Waals surface area contributed by atoms with Gasteiger partial charge in [-0.15, -0.1) is 0 Å². The Bertz CT molecular complexity index is 1220.